The quantitative estimate of drug-likeness (QED) is 0.908. The molecule has 1 saturated carbocycles. The Morgan fingerprint density at radius 2 is 2.24 bits per heavy atom. The van der Waals surface area contributed by atoms with Gasteiger partial charge in [-0.05, 0) is 37.8 Å². The van der Waals surface area contributed by atoms with E-state index in [1.54, 1.807) is 12.4 Å². The third-order valence-corrected chi connectivity index (χ3v) is 5.05. The minimum absolute atomic E-state index is 0.00871. The van der Waals surface area contributed by atoms with Gasteiger partial charge in [0.15, 0.2) is 0 Å². The fourth-order valence-electron chi connectivity index (χ4n) is 3.67. The number of carbonyl (C=O) groups excluding carboxylic acids is 1. The number of rotatable bonds is 3. The van der Waals surface area contributed by atoms with Crippen molar-refractivity contribution < 1.29 is 9.53 Å². The lowest BCUT2D eigenvalue weighted by atomic mass is 10.0. The summed E-state index contributed by atoms with van der Waals surface area (Å²) in [6.45, 7) is 2.75. The lowest BCUT2D eigenvalue weighted by Crippen LogP contribution is -2.42. The fraction of sp³-hybridized carbons (Fsp3) is 0.625. The number of ether oxygens (including phenoxy) is 1. The molecule has 1 aromatic rings. The zero-order chi connectivity index (χ0) is 14.3. The summed E-state index contributed by atoms with van der Waals surface area (Å²) in [5.41, 5.74) is 0.163. The van der Waals surface area contributed by atoms with Crippen LogP contribution in [0.25, 0.3) is 0 Å². The average Bonchev–Trinajstić information content (AvgIpc) is 2.93. The molecule has 3 fully saturated rings. The van der Waals surface area contributed by atoms with Gasteiger partial charge in [0.25, 0.3) is 0 Å². The number of pyridine rings is 1. The molecule has 0 bridgehead atoms. The normalized spacial score (nSPS) is 34.4. The number of nitrogens with zero attached hydrogens (tertiary/aromatic N) is 2. The van der Waals surface area contributed by atoms with E-state index >= 15 is 0 Å². The van der Waals surface area contributed by atoms with Crippen molar-refractivity contribution in [2.75, 3.05) is 19.6 Å². The van der Waals surface area contributed by atoms with Gasteiger partial charge < -0.3 is 15.0 Å². The molecule has 3 atom stereocenters. The van der Waals surface area contributed by atoms with Gasteiger partial charge in [0.05, 0.1) is 12.2 Å². The van der Waals surface area contributed by atoms with Gasteiger partial charge in [-0.2, -0.15) is 0 Å². The van der Waals surface area contributed by atoms with E-state index < -0.39 is 0 Å². The van der Waals surface area contributed by atoms with Gasteiger partial charge in [-0.1, -0.05) is 0 Å². The number of aromatic nitrogens is 1. The van der Waals surface area contributed by atoms with Crippen LogP contribution < -0.4 is 10.1 Å². The summed E-state index contributed by atoms with van der Waals surface area (Å²) in [5.74, 6) is 1.12. The molecule has 2 aliphatic heterocycles. The summed E-state index contributed by atoms with van der Waals surface area (Å²) in [6, 6.07) is 3.82. The van der Waals surface area contributed by atoms with Crippen molar-refractivity contribution in [2.24, 2.45) is 5.41 Å². The van der Waals surface area contributed by atoms with Crippen LogP contribution >= 0.6 is 0 Å². The Kier molecular flexibility index (Phi) is 3.10. The van der Waals surface area contributed by atoms with E-state index in [1.807, 2.05) is 17.0 Å². The highest BCUT2D eigenvalue weighted by molar-refractivity contribution is 5.82. The second-order valence-corrected chi connectivity index (χ2v) is 6.53. The molecule has 0 radical (unpaired) electrons. The molecule has 1 unspecified atom stereocenters. The van der Waals surface area contributed by atoms with Crippen molar-refractivity contribution in [2.45, 2.75) is 37.8 Å². The van der Waals surface area contributed by atoms with Crippen LogP contribution in [0.4, 0.5) is 0 Å². The lowest BCUT2D eigenvalue weighted by Gasteiger charge is -2.20. The molecule has 1 aliphatic carbocycles. The molecule has 1 amide bonds. The Morgan fingerprint density at radius 3 is 3.00 bits per heavy atom. The lowest BCUT2D eigenvalue weighted by molar-refractivity contribution is -0.132. The van der Waals surface area contributed by atoms with Crippen molar-refractivity contribution in [3.63, 3.8) is 0 Å². The third kappa shape index (κ3) is 2.39. The maximum Gasteiger partial charge on any atom is 0.239 e. The van der Waals surface area contributed by atoms with Gasteiger partial charge in [0.1, 0.15) is 11.9 Å². The number of likely N-dealkylation sites (tertiary alicyclic amines) is 1. The maximum absolute atomic E-state index is 12.4. The monoisotopic (exact) mass is 287 g/mol. The highest BCUT2D eigenvalue weighted by Gasteiger charge is 2.61. The number of nitrogens with one attached hydrogen (secondary N) is 1. The summed E-state index contributed by atoms with van der Waals surface area (Å²) in [7, 11) is 0. The molecule has 5 nitrogen and oxygen atoms in total. The predicted molar refractivity (Wildman–Crippen MR) is 77.9 cm³/mol. The van der Waals surface area contributed by atoms with E-state index in [-0.39, 0.29) is 23.5 Å². The third-order valence-electron chi connectivity index (χ3n) is 5.05. The Bertz CT molecular complexity index is 530. The van der Waals surface area contributed by atoms with Crippen LogP contribution in [0.5, 0.6) is 5.75 Å². The largest absolute Gasteiger partial charge is 0.488 e. The first-order valence-electron chi connectivity index (χ1n) is 7.86. The number of hydrogen-bond donors (Lipinski definition) is 1. The van der Waals surface area contributed by atoms with E-state index in [1.165, 1.54) is 0 Å². The number of carbonyl (C=O) groups is 1. The number of hydrogen-bond acceptors (Lipinski definition) is 4. The van der Waals surface area contributed by atoms with Crippen molar-refractivity contribution in [3.8, 4) is 5.75 Å². The summed E-state index contributed by atoms with van der Waals surface area (Å²) in [4.78, 5) is 18.5. The number of amides is 1. The topological polar surface area (TPSA) is 54.5 Å². The Morgan fingerprint density at radius 1 is 1.38 bits per heavy atom. The van der Waals surface area contributed by atoms with Crippen LogP contribution in [0, 0.1) is 5.41 Å². The van der Waals surface area contributed by atoms with Gasteiger partial charge in [-0.15, -0.1) is 0 Å². The molecule has 1 spiro atoms. The van der Waals surface area contributed by atoms with Gasteiger partial charge in [0.2, 0.25) is 5.91 Å². The Labute approximate surface area is 124 Å². The van der Waals surface area contributed by atoms with E-state index in [0.717, 1.165) is 51.1 Å². The van der Waals surface area contributed by atoms with Gasteiger partial charge >= 0.3 is 0 Å². The second kappa shape index (κ2) is 4.98. The van der Waals surface area contributed by atoms with Crippen LogP contribution in [-0.4, -0.2) is 47.6 Å². The molecular formula is C16H21N3O2. The molecule has 3 heterocycles. The van der Waals surface area contributed by atoms with Crippen molar-refractivity contribution in [3.05, 3.63) is 24.5 Å². The first-order valence-corrected chi connectivity index (χ1v) is 7.86. The van der Waals surface area contributed by atoms with Crippen LogP contribution in [-0.2, 0) is 4.79 Å². The second-order valence-electron chi connectivity index (χ2n) is 6.53. The highest BCUT2D eigenvalue weighted by atomic mass is 16.5. The molecule has 2 saturated heterocycles. The van der Waals surface area contributed by atoms with Crippen LogP contribution in [0.3, 0.4) is 0 Å². The van der Waals surface area contributed by atoms with Gasteiger partial charge in [0, 0.05) is 31.2 Å². The molecule has 5 heteroatoms. The van der Waals surface area contributed by atoms with Gasteiger partial charge in [-0.3, -0.25) is 9.78 Å². The van der Waals surface area contributed by atoms with Crippen molar-refractivity contribution >= 4 is 5.91 Å². The summed E-state index contributed by atoms with van der Waals surface area (Å²) < 4.78 is 5.99. The molecule has 1 aromatic heterocycles. The van der Waals surface area contributed by atoms with E-state index in [4.69, 9.17) is 4.74 Å². The Balaban J connectivity index is 1.35. The van der Waals surface area contributed by atoms with E-state index in [0.29, 0.717) is 0 Å². The average molecular weight is 287 g/mol. The Hall–Kier alpha value is -1.62. The zero-order valence-corrected chi connectivity index (χ0v) is 12.1. The molecule has 3 aliphatic rings. The van der Waals surface area contributed by atoms with Crippen molar-refractivity contribution in [1.82, 2.24) is 15.2 Å². The maximum atomic E-state index is 12.4. The summed E-state index contributed by atoms with van der Waals surface area (Å²) in [5, 5.41) is 3.41. The highest BCUT2D eigenvalue weighted by Crippen LogP contribution is 2.54. The molecule has 112 valence electrons. The molecule has 21 heavy (non-hydrogen) atoms. The molecular weight excluding hydrogens is 266 g/mol. The van der Waals surface area contributed by atoms with E-state index in [2.05, 4.69) is 10.3 Å². The van der Waals surface area contributed by atoms with Gasteiger partial charge in [-0.25, -0.2) is 0 Å². The first kappa shape index (κ1) is 13.1. The van der Waals surface area contributed by atoms with Crippen molar-refractivity contribution in [1.29, 1.82) is 0 Å². The first-order chi connectivity index (χ1) is 10.3. The molecule has 0 aromatic carbocycles. The minimum atomic E-state index is -0.00871. The van der Waals surface area contributed by atoms with Crippen LogP contribution in [0.2, 0.25) is 0 Å². The van der Waals surface area contributed by atoms with Crippen LogP contribution in [0.1, 0.15) is 25.7 Å². The van der Waals surface area contributed by atoms with E-state index in [9.17, 15) is 4.79 Å². The molecule has 1 N–H and O–H groups in total. The molecule has 4 rings (SSSR count). The summed E-state index contributed by atoms with van der Waals surface area (Å²) >= 11 is 0. The summed E-state index contributed by atoms with van der Waals surface area (Å²) in [6.07, 6.45) is 7.97. The SMILES string of the molecule is O=C([C@@H]1CC2(CN1)C[C@H]2Oc1cccnc1)N1CCCC1. The fourth-order valence-corrected chi connectivity index (χ4v) is 3.67. The standard InChI is InChI=1S/C16H21N3O2/c20-15(19-6-1-2-7-19)13-8-16(11-18-13)9-14(16)21-12-4-3-5-17-10-12/h3-5,10,13-14,18H,1-2,6-9,11H2/t13-,14+,16?/m0/s1. The van der Waals surface area contributed by atoms with Crippen LogP contribution in [0.15, 0.2) is 24.5 Å². The minimum Gasteiger partial charge on any atom is -0.488 e. The smallest absolute Gasteiger partial charge is 0.239 e. The predicted octanol–water partition coefficient (Wildman–Crippen LogP) is 1.20. The zero-order valence-electron chi connectivity index (χ0n) is 12.1.